The molecule has 3 N–H and O–H groups in total. The van der Waals surface area contributed by atoms with Gasteiger partial charge in [-0.3, -0.25) is 0 Å². The highest BCUT2D eigenvalue weighted by Crippen LogP contribution is 2.07. The van der Waals surface area contributed by atoms with E-state index in [9.17, 15) is 0 Å². The molecule has 3 nitrogen and oxygen atoms in total. The van der Waals surface area contributed by atoms with Gasteiger partial charge in [0, 0.05) is 12.4 Å². The molecule has 0 aliphatic heterocycles. The Labute approximate surface area is 107 Å². The van der Waals surface area contributed by atoms with E-state index < -0.39 is 0 Å². The first kappa shape index (κ1) is 13.6. The molecule has 0 unspecified atom stereocenters. The normalized spacial score (nSPS) is 8.94. The molecule has 0 amide bonds. The zero-order valence-electron chi connectivity index (χ0n) is 10.2. The lowest BCUT2D eigenvalue weighted by Gasteiger charge is -1.90. The molecule has 2 aromatic rings. The van der Waals surface area contributed by atoms with Crippen molar-refractivity contribution in [2.24, 2.45) is 0 Å². The molecule has 0 saturated heterocycles. The van der Waals surface area contributed by atoms with Crippen LogP contribution < -0.4 is 0 Å². The Hall–Kier alpha value is -2.42. The van der Waals surface area contributed by atoms with Crippen LogP contribution in [-0.2, 0) is 0 Å². The lowest BCUT2D eigenvalue weighted by atomic mass is 10.2. The fourth-order valence-corrected chi connectivity index (χ4v) is 1.23. The van der Waals surface area contributed by atoms with Gasteiger partial charge in [0.15, 0.2) is 0 Å². The van der Waals surface area contributed by atoms with Gasteiger partial charge in [0.2, 0.25) is 0 Å². The Morgan fingerprint density at radius 1 is 0.778 bits per heavy atom. The molecule has 92 valence electrons. The van der Waals surface area contributed by atoms with Crippen molar-refractivity contribution in [3.8, 4) is 5.75 Å². The van der Waals surface area contributed by atoms with Crippen molar-refractivity contribution in [2.45, 2.75) is 6.92 Å². The van der Waals surface area contributed by atoms with Crippen molar-refractivity contribution in [3.05, 3.63) is 65.2 Å². The maximum atomic E-state index is 8.78. The summed E-state index contributed by atoms with van der Waals surface area (Å²) in [5.41, 5.74) is 2.99. The van der Waals surface area contributed by atoms with Crippen LogP contribution in [0.15, 0.2) is 48.5 Å². The van der Waals surface area contributed by atoms with E-state index in [-0.39, 0.29) is 5.75 Å². The van der Waals surface area contributed by atoms with Crippen LogP contribution in [0.25, 0.3) is 0 Å². The zero-order valence-corrected chi connectivity index (χ0v) is 10.2. The molecule has 0 fully saturated rings. The lowest BCUT2D eigenvalue weighted by Crippen LogP contribution is -1.77. The molecule has 0 radical (unpaired) electrons. The number of hydrogen-bond donors (Lipinski definition) is 3. The summed E-state index contributed by atoms with van der Waals surface area (Å²) in [6.07, 6.45) is 2.58. The first-order valence-corrected chi connectivity index (χ1v) is 5.52. The van der Waals surface area contributed by atoms with E-state index in [0.717, 1.165) is 11.1 Å². The maximum absolute atomic E-state index is 8.78. The van der Waals surface area contributed by atoms with Gasteiger partial charge in [-0.1, -0.05) is 29.8 Å². The smallest absolute Gasteiger partial charge is 0.115 e. The summed E-state index contributed by atoms with van der Waals surface area (Å²) >= 11 is 0. The third-order valence-corrected chi connectivity index (χ3v) is 2.30. The third kappa shape index (κ3) is 4.61. The second-order valence-electron chi connectivity index (χ2n) is 3.79. The summed E-state index contributed by atoms with van der Waals surface area (Å²) in [6.45, 7) is 2.04. The Morgan fingerprint density at radius 3 is 1.56 bits per heavy atom. The SMILES string of the molecule is Cc1ccc(C=N)cc1.N=Cc1ccc(O)cc1. The molecule has 0 atom stereocenters. The fourth-order valence-electron chi connectivity index (χ4n) is 1.23. The van der Waals surface area contributed by atoms with Crippen molar-refractivity contribution in [3.63, 3.8) is 0 Å². The Morgan fingerprint density at radius 2 is 1.17 bits per heavy atom. The average Bonchev–Trinajstić information content (AvgIpc) is 2.41. The highest BCUT2D eigenvalue weighted by Gasteiger charge is 1.85. The van der Waals surface area contributed by atoms with Crippen LogP contribution in [0, 0.1) is 17.7 Å². The maximum Gasteiger partial charge on any atom is 0.115 e. The van der Waals surface area contributed by atoms with Crippen molar-refractivity contribution in [2.75, 3.05) is 0 Å². The van der Waals surface area contributed by atoms with Gasteiger partial charge >= 0.3 is 0 Å². The van der Waals surface area contributed by atoms with Crippen molar-refractivity contribution in [1.82, 2.24) is 0 Å². The fraction of sp³-hybridized carbons (Fsp3) is 0.0667. The van der Waals surface area contributed by atoms with Gasteiger partial charge in [0.05, 0.1) is 0 Å². The van der Waals surface area contributed by atoms with Crippen LogP contribution in [0.5, 0.6) is 5.75 Å². The quantitative estimate of drug-likeness (QED) is 0.692. The van der Waals surface area contributed by atoms with Gasteiger partial charge in [0.25, 0.3) is 0 Å². The molecule has 2 aromatic carbocycles. The minimum absolute atomic E-state index is 0.237. The highest BCUT2D eigenvalue weighted by atomic mass is 16.3. The summed E-state index contributed by atoms with van der Waals surface area (Å²) in [7, 11) is 0. The van der Waals surface area contributed by atoms with Crippen LogP contribution in [0.1, 0.15) is 16.7 Å². The number of phenolic OH excluding ortho intramolecular Hbond substituents is 1. The van der Waals surface area contributed by atoms with E-state index in [0.29, 0.717) is 0 Å². The zero-order chi connectivity index (χ0) is 13.4. The van der Waals surface area contributed by atoms with Gasteiger partial charge in [-0.2, -0.15) is 0 Å². The summed E-state index contributed by atoms with van der Waals surface area (Å²) in [5, 5.41) is 22.5. The van der Waals surface area contributed by atoms with Crippen LogP contribution in [0.2, 0.25) is 0 Å². The summed E-state index contributed by atoms with van der Waals surface area (Å²) in [4.78, 5) is 0. The van der Waals surface area contributed by atoms with Crippen molar-refractivity contribution < 1.29 is 5.11 Å². The number of nitrogens with one attached hydrogen (secondary N) is 2. The Kier molecular flexibility index (Phi) is 5.32. The molecule has 0 aliphatic carbocycles. The topological polar surface area (TPSA) is 67.9 Å². The van der Waals surface area contributed by atoms with Crippen LogP contribution in [0.4, 0.5) is 0 Å². The monoisotopic (exact) mass is 240 g/mol. The predicted molar refractivity (Wildman–Crippen MR) is 75.1 cm³/mol. The summed E-state index contributed by atoms with van der Waals surface area (Å²) in [5.74, 6) is 0.237. The minimum Gasteiger partial charge on any atom is -0.508 e. The molecular formula is C15H16N2O. The molecule has 3 heteroatoms. The Bertz CT molecular complexity index is 452. The summed E-state index contributed by atoms with van der Waals surface area (Å²) in [6, 6.07) is 14.3. The second-order valence-corrected chi connectivity index (χ2v) is 3.79. The number of rotatable bonds is 2. The molecule has 0 saturated carbocycles. The number of phenols is 1. The Balaban J connectivity index is 0.000000180. The molecule has 0 aromatic heterocycles. The van der Waals surface area contributed by atoms with Crippen LogP contribution in [0.3, 0.4) is 0 Å². The summed E-state index contributed by atoms with van der Waals surface area (Å²) < 4.78 is 0. The van der Waals surface area contributed by atoms with Crippen molar-refractivity contribution in [1.29, 1.82) is 10.8 Å². The number of aryl methyl sites for hydroxylation is 1. The van der Waals surface area contributed by atoms with E-state index >= 15 is 0 Å². The largest absolute Gasteiger partial charge is 0.508 e. The first-order chi connectivity index (χ1) is 8.65. The molecular weight excluding hydrogens is 224 g/mol. The van der Waals surface area contributed by atoms with E-state index in [4.69, 9.17) is 15.9 Å². The molecule has 2 rings (SSSR count). The third-order valence-electron chi connectivity index (χ3n) is 2.30. The number of hydrogen-bond acceptors (Lipinski definition) is 3. The highest BCUT2D eigenvalue weighted by molar-refractivity contribution is 5.77. The minimum atomic E-state index is 0.237. The molecule has 18 heavy (non-hydrogen) atoms. The number of benzene rings is 2. The molecule has 0 bridgehead atoms. The van der Waals surface area contributed by atoms with Gasteiger partial charge < -0.3 is 15.9 Å². The van der Waals surface area contributed by atoms with E-state index in [1.165, 1.54) is 18.0 Å². The van der Waals surface area contributed by atoms with Gasteiger partial charge in [0.1, 0.15) is 5.75 Å². The molecule has 0 aliphatic rings. The first-order valence-electron chi connectivity index (χ1n) is 5.52. The predicted octanol–water partition coefficient (Wildman–Crippen LogP) is 3.38. The van der Waals surface area contributed by atoms with E-state index in [1.807, 2.05) is 31.2 Å². The van der Waals surface area contributed by atoms with Gasteiger partial charge in [-0.15, -0.1) is 0 Å². The van der Waals surface area contributed by atoms with E-state index in [2.05, 4.69) is 0 Å². The van der Waals surface area contributed by atoms with E-state index in [1.54, 1.807) is 24.3 Å². The average molecular weight is 240 g/mol. The van der Waals surface area contributed by atoms with Crippen LogP contribution >= 0.6 is 0 Å². The van der Waals surface area contributed by atoms with Gasteiger partial charge in [-0.05, 0) is 42.3 Å². The standard InChI is InChI=1S/C8H9N.C7H7NO/c1-7-2-4-8(6-9)5-3-7;8-5-6-1-3-7(9)4-2-6/h2-6,9H,1H3;1-5,8-9H. The van der Waals surface area contributed by atoms with Gasteiger partial charge in [-0.25, -0.2) is 0 Å². The number of aromatic hydroxyl groups is 1. The molecule has 0 heterocycles. The second kappa shape index (κ2) is 7.01. The lowest BCUT2D eigenvalue weighted by molar-refractivity contribution is 0.475. The molecule has 0 spiro atoms. The van der Waals surface area contributed by atoms with Crippen molar-refractivity contribution >= 4 is 12.4 Å². The van der Waals surface area contributed by atoms with Crippen LogP contribution in [-0.4, -0.2) is 17.5 Å².